The molecule has 0 aromatic heterocycles. The second-order valence-electron chi connectivity index (χ2n) is 4.09. The molecule has 1 aliphatic rings. The molecule has 1 aromatic carbocycles. The lowest BCUT2D eigenvalue weighted by atomic mass is 10.0. The highest BCUT2D eigenvalue weighted by molar-refractivity contribution is 6.13. The molecule has 1 saturated heterocycles. The molecule has 102 valence electrons. The van der Waals surface area contributed by atoms with Gasteiger partial charge in [0, 0.05) is 17.7 Å². The minimum atomic E-state index is 0.0109. The molecule has 1 fully saturated rings. The maximum atomic E-state index is 11.9. The van der Waals surface area contributed by atoms with Crippen molar-refractivity contribution in [1.82, 2.24) is 0 Å². The van der Waals surface area contributed by atoms with Crippen LogP contribution in [0.5, 0.6) is 17.2 Å². The lowest BCUT2D eigenvalue weighted by molar-refractivity contribution is -0.117. The molecule has 19 heavy (non-hydrogen) atoms. The highest BCUT2D eigenvalue weighted by atomic mass is 16.5. The number of anilines is 1. The number of allylic oxidation sites excluding steroid dienone is 1. The van der Waals surface area contributed by atoms with Gasteiger partial charge in [-0.3, -0.25) is 4.79 Å². The van der Waals surface area contributed by atoms with Gasteiger partial charge in [-0.05, 0) is 6.92 Å². The average Bonchev–Trinajstić information content (AvgIpc) is 2.44. The molecule has 0 N–H and O–H groups in total. The molecule has 5 heteroatoms. The molecule has 1 amide bonds. The van der Waals surface area contributed by atoms with Gasteiger partial charge in [0.1, 0.15) is 0 Å². The number of hydrogen-bond acceptors (Lipinski definition) is 4. The second-order valence-corrected chi connectivity index (χ2v) is 4.09. The Morgan fingerprint density at radius 1 is 1.11 bits per heavy atom. The summed E-state index contributed by atoms with van der Waals surface area (Å²) in [7, 11) is 4.65. The van der Waals surface area contributed by atoms with Crippen molar-refractivity contribution in [2.45, 2.75) is 6.92 Å². The molecule has 0 spiro atoms. The third-order valence-corrected chi connectivity index (χ3v) is 3.16. The fourth-order valence-electron chi connectivity index (χ4n) is 2.04. The smallest absolute Gasteiger partial charge is 0.256 e. The standard InChI is InChI=1S/C14H17NO4/c1-5-9-8-15(14(9)16)10-6-11(17-2)13(19-4)12(7-10)18-3/h5-7H,8H2,1-4H3/b9-5-. The van der Waals surface area contributed by atoms with E-state index in [0.717, 1.165) is 11.3 Å². The lowest BCUT2D eigenvalue weighted by Gasteiger charge is -2.33. The molecular formula is C14H17NO4. The Kier molecular flexibility index (Phi) is 3.64. The Labute approximate surface area is 112 Å². The predicted molar refractivity (Wildman–Crippen MR) is 72.2 cm³/mol. The van der Waals surface area contributed by atoms with Crippen molar-refractivity contribution in [3.8, 4) is 17.2 Å². The number of methoxy groups -OCH3 is 3. The van der Waals surface area contributed by atoms with Crippen molar-refractivity contribution >= 4 is 11.6 Å². The van der Waals surface area contributed by atoms with Gasteiger partial charge in [0.25, 0.3) is 5.91 Å². The molecule has 0 unspecified atom stereocenters. The Balaban J connectivity index is 2.40. The number of β-lactam (4-membered cyclic amide) rings is 1. The van der Waals surface area contributed by atoms with Gasteiger partial charge in [-0.2, -0.15) is 0 Å². The van der Waals surface area contributed by atoms with Crippen molar-refractivity contribution < 1.29 is 19.0 Å². The van der Waals surface area contributed by atoms with E-state index in [2.05, 4.69) is 0 Å². The topological polar surface area (TPSA) is 48.0 Å². The van der Waals surface area contributed by atoms with Crippen LogP contribution >= 0.6 is 0 Å². The summed E-state index contributed by atoms with van der Waals surface area (Å²) < 4.78 is 15.8. The van der Waals surface area contributed by atoms with Crippen LogP contribution in [0.2, 0.25) is 0 Å². The van der Waals surface area contributed by atoms with Crippen LogP contribution in [0.4, 0.5) is 5.69 Å². The Hall–Kier alpha value is -2.17. The largest absolute Gasteiger partial charge is 0.493 e. The third kappa shape index (κ3) is 2.12. The van der Waals surface area contributed by atoms with E-state index in [4.69, 9.17) is 14.2 Å². The number of nitrogens with zero attached hydrogens (tertiary/aromatic N) is 1. The molecule has 0 radical (unpaired) electrons. The Morgan fingerprint density at radius 2 is 1.68 bits per heavy atom. The van der Waals surface area contributed by atoms with E-state index in [-0.39, 0.29) is 5.91 Å². The molecule has 1 heterocycles. The SMILES string of the molecule is C/C=C1/CN(c2cc(OC)c(OC)c(OC)c2)C1=O. The average molecular weight is 263 g/mol. The summed E-state index contributed by atoms with van der Waals surface area (Å²) in [6.07, 6.45) is 1.83. The Bertz CT molecular complexity index is 511. The quantitative estimate of drug-likeness (QED) is 0.616. The van der Waals surface area contributed by atoms with E-state index in [1.165, 1.54) is 0 Å². The van der Waals surface area contributed by atoms with Crippen LogP contribution < -0.4 is 19.1 Å². The maximum Gasteiger partial charge on any atom is 0.256 e. The third-order valence-electron chi connectivity index (χ3n) is 3.16. The lowest BCUT2D eigenvalue weighted by Crippen LogP contribution is -2.46. The summed E-state index contributed by atoms with van der Waals surface area (Å²) in [5.41, 5.74) is 1.55. The van der Waals surface area contributed by atoms with Gasteiger partial charge in [0.15, 0.2) is 11.5 Å². The van der Waals surface area contributed by atoms with E-state index < -0.39 is 0 Å². The summed E-state index contributed by atoms with van der Waals surface area (Å²) in [5.74, 6) is 1.61. The molecule has 0 bridgehead atoms. The van der Waals surface area contributed by atoms with E-state index in [1.807, 2.05) is 13.0 Å². The molecule has 0 atom stereocenters. The van der Waals surface area contributed by atoms with E-state index in [9.17, 15) is 4.79 Å². The number of amides is 1. The fourth-order valence-corrected chi connectivity index (χ4v) is 2.04. The zero-order chi connectivity index (χ0) is 14.0. The Morgan fingerprint density at radius 3 is 2.05 bits per heavy atom. The molecule has 2 rings (SSSR count). The molecule has 1 aromatic rings. The van der Waals surface area contributed by atoms with Crippen molar-refractivity contribution in [3.63, 3.8) is 0 Å². The highest BCUT2D eigenvalue weighted by Crippen LogP contribution is 2.42. The normalized spacial score (nSPS) is 16.3. The first kappa shape index (κ1) is 13.3. The number of ether oxygens (including phenoxy) is 3. The van der Waals surface area contributed by atoms with Crippen LogP contribution in [0, 0.1) is 0 Å². The molecular weight excluding hydrogens is 246 g/mol. The number of hydrogen-bond donors (Lipinski definition) is 0. The second kappa shape index (κ2) is 5.22. The summed E-state index contributed by atoms with van der Waals surface area (Å²) in [6, 6.07) is 3.54. The fraction of sp³-hybridized carbons (Fsp3) is 0.357. The van der Waals surface area contributed by atoms with E-state index in [1.54, 1.807) is 38.4 Å². The molecule has 0 saturated carbocycles. The predicted octanol–water partition coefficient (Wildman–Crippen LogP) is 2.01. The van der Waals surface area contributed by atoms with Crippen LogP contribution in [0.25, 0.3) is 0 Å². The molecule has 0 aliphatic carbocycles. The van der Waals surface area contributed by atoms with Gasteiger partial charge < -0.3 is 19.1 Å². The van der Waals surface area contributed by atoms with Gasteiger partial charge >= 0.3 is 0 Å². The van der Waals surface area contributed by atoms with Crippen LogP contribution in [0.3, 0.4) is 0 Å². The summed E-state index contributed by atoms with van der Waals surface area (Å²) >= 11 is 0. The van der Waals surface area contributed by atoms with Gasteiger partial charge in [0.2, 0.25) is 5.75 Å². The van der Waals surface area contributed by atoms with Crippen molar-refractivity contribution in [3.05, 3.63) is 23.8 Å². The van der Waals surface area contributed by atoms with E-state index >= 15 is 0 Å². The van der Waals surface area contributed by atoms with Gasteiger partial charge in [-0.1, -0.05) is 6.08 Å². The number of rotatable bonds is 4. The van der Waals surface area contributed by atoms with Crippen molar-refractivity contribution in [2.75, 3.05) is 32.8 Å². The molecule has 1 aliphatic heterocycles. The minimum Gasteiger partial charge on any atom is -0.493 e. The zero-order valence-corrected chi connectivity index (χ0v) is 11.5. The van der Waals surface area contributed by atoms with Gasteiger partial charge in [-0.15, -0.1) is 0 Å². The molecule has 5 nitrogen and oxygen atoms in total. The van der Waals surface area contributed by atoms with Crippen molar-refractivity contribution in [2.24, 2.45) is 0 Å². The van der Waals surface area contributed by atoms with Gasteiger partial charge in [-0.25, -0.2) is 0 Å². The minimum absolute atomic E-state index is 0.0109. The number of benzene rings is 1. The van der Waals surface area contributed by atoms with Crippen LogP contribution in [-0.2, 0) is 4.79 Å². The summed E-state index contributed by atoms with van der Waals surface area (Å²) in [6.45, 7) is 2.47. The monoisotopic (exact) mass is 263 g/mol. The number of carbonyl (C=O) groups excluding carboxylic acids is 1. The summed E-state index contributed by atoms with van der Waals surface area (Å²) in [4.78, 5) is 13.6. The first-order valence-electron chi connectivity index (χ1n) is 5.93. The van der Waals surface area contributed by atoms with Crippen LogP contribution in [0.15, 0.2) is 23.8 Å². The van der Waals surface area contributed by atoms with Crippen LogP contribution in [-0.4, -0.2) is 33.8 Å². The van der Waals surface area contributed by atoms with Crippen LogP contribution in [0.1, 0.15) is 6.92 Å². The van der Waals surface area contributed by atoms with Gasteiger partial charge in [0.05, 0.1) is 33.6 Å². The first-order valence-corrected chi connectivity index (χ1v) is 5.93. The number of carbonyl (C=O) groups is 1. The highest BCUT2D eigenvalue weighted by Gasteiger charge is 2.32. The first-order chi connectivity index (χ1) is 9.15. The van der Waals surface area contributed by atoms with Crippen molar-refractivity contribution in [1.29, 1.82) is 0 Å². The maximum absolute atomic E-state index is 11.9. The van der Waals surface area contributed by atoms with E-state index in [0.29, 0.717) is 23.8 Å². The zero-order valence-electron chi connectivity index (χ0n) is 11.5. The summed E-state index contributed by atoms with van der Waals surface area (Å²) in [5, 5.41) is 0.